The average Bonchev–Trinajstić information content (AvgIpc) is 3.18. The second kappa shape index (κ2) is 8.67. The summed E-state index contributed by atoms with van der Waals surface area (Å²) in [7, 11) is 0. The van der Waals surface area contributed by atoms with Gasteiger partial charge in [-0.1, -0.05) is 11.6 Å². The van der Waals surface area contributed by atoms with Crippen molar-refractivity contribution in [1.29, 1.82) is 0 Å². The number of benzene rings is 1. The maximum atomic E-state index is 6.29. The number of nitrogens with two attached hydrogens (primary N) is 1. The molecule has 164 valence electrons. The molecular formula is C24H25ClN6O. The summed E-state index contributed by atoms with van der Waals surface area (Å²) < 4.78 is 8.28. The molecule has 1 unspecified atom stereocenters. The van der Waals surface area contributed by atoms with Gasteiger partial charge in [0.15, 0.2) is 0 Å². The predicted octanol–water partition coefficient (Wildman–Crippen LogP) is 4.62. The van der Waals surface area contributed by atoms with Crippen molar-refractivity contribution in [2.75, 3.05) is 17.7 Å². The molecule has 4 heterocycles. The van der Waals surface area contributed by atoms with Crippen LogP contribution in [0.2, 0.25) is 5.02 Å². The number of hydrogen-bond acceptors (Lipinski definition) is 6. The molecule has 1 aliphatic rings. The summed E-state index contributed by atoms with van der Waals surface area (Å²) in [5.74, 6) is 2.73. The van der Waals surface area contributed by atoms with Gasteiger partial charge in [0.05, 0.1) is 17.3 Å². The molecule has 0 saturated carbocycles. The zero-order valence-electron chi connectivity index (χ0n) is 17.9. The van der Waals surface area contributed by atoms with Crippen LogP contribution in [0.4, 0.5) is 11.5 Å². The Kier molecular flexibility index (Phi) is 5.57. The van der Waals surface area contributed by atoms with Crippen molar-refractivity contribution in [2.24, 2.45) is 5.92 Å². The molecule has 4 aromatic rings. The van der Waals surface area contributed by atoms with Crippen molar-refractivity contribution in [2.45, 2.75) is 32.9 Å². The Morgan fingerprint density at radius 1 is 1.22 bits per heavy atom. The number of nitrogens with zero attached hydrogens (tertiary/aromatic N) is 4. The Labute approximate surface area is 191 Å². The average molecular weight is 449 g/mol. The van der Waals surface area contributed by atoms with Crippen LogP contribution in [0.1, 0.15) is 23.5 Å². The van der Waals surface area contributed by atoms with Gasteiger partial charge in [-0.05, 0) is 43.2 Å². The minimum Gasteiger partial charge on any atom is -0.477 e. The molecule has 0 bridgehead atoms. The third kappa shape index (κ3) is 4.34. The van der Waals surface area contributed by atoms with Crippen LogP contribution in [-0.2, 0) is 19.5 Å². The summed E-state index contributed by atoms with van der Waals surface area (Å²) in [5, 5.41) is 5.74. The Bertz CT molecular complexity index is 1270. The van der Waals surface area contributed by atoms with Crippen molar-refractivity contribution in [1.82, 2.24) is 19.5 Å². The van der Waals surface area contributed by atoms with Gasteiger partial charge in [-0.25, -0.2) is 15.0 Å². The van der Waals surface area contributed by atoms with Gasteiger partial charge >= 0.3 is 0 Å². The summed E-state index contributed by atoms with van der Waals surface area (Å²) >= 11 is 6.29. The first kappa shape index (κ1) is 20.6. The van der Waals surface area contributed by atoms with Crippen molar-refractivity contribution < 1.29 is 4.74 Å². The smallest absolute Gasteiger partial charge is 0.213 e. The fourth-order valence-electron chi connectivity index (χ4n) is 4.16. The van der Waals surface area contributed by atoms with Gasteiger partial charge in [-0.2, -0.15) is 0 Å². The number of nitrogens with one attached hydrogen (secondary N) is 1. The Morgan fingerprint density at radius 3 is 3.03 bits per heavy atom. The number of anilines is 2. The largest absolute Gasteiger partial charge is 0.477 e. The summed E-state index contributed by atoms with van der Waals surface area (Å²) in [6.07, 6.45) is 7.53. The standard InChI is InChI=1S/C24H25ClN6O/c1-15-13-31-7-5-17(8-22(31)30-15)14-32-23-9-16(4-6-27-23)11-28-18-2-3-19-20(10-18)21(25)12-29-24(19)26/h2-4,6,9-10,12-13,17,28H,5,7-8,11,14H2,1H3,(H2,26,29). The number of rotatable bonds is 6. The zero-order valence-corrected chi connectivity index (χ0v) is 18.6. The summed E-state index contributed by atoms with van der Waals surface area (Å²) in [4.78, 5) is 13.1. The molecule has 3 N–H and O–H groups in total. The van der Waals surface area contributed by atoms with Crippen LogP contribution in [0.25, 0.3) is 10.8 Å². The lowest BCUT2D eigenvalue weighted by Gasteiger charge is -2.23. The molecule has 0 amide bonds. The quantitative estimate of drug-likeness (QED) is 0.447. The highest BCUT2D eigenvalue weighted by atomic mass is 35.5. The maximum absolute atomic E-state index is 6.29. The lowest BCUT2D eigenvalue weighted by atomic mass is 9.99. The molecule has 0 radical (unpaired) electrons. The normalized spacial score (nSPS) is 15.5. The van der Waals surface area contributed by atoms with Crippen LogP contribution in [-0.4, -0.2) is 26.1 Å². The number of pyridine rings is 2. The molecule has 0 aliphatic carbocycles. The van der Waals surface area contributed by atoms with E-state index < -0.39 is 0 Å². The molecule has 1 atom stereocenters. The van der Waals surface area contributed by atoms with Crippen molar-refractivity contribution >= 4 is 33.9 Å². The first-order valence-corrected chi connectivity index (χ1v) is 11.1. The fraction of sp³-hybridized carbons (Fsp3) is 0.292. The Morgan fingerprint density at radius 2 is 2.12 bits per heavy atom. The van der Waals surface area contributed by atoms with Crippen LogP contribution >= 0.6 is 11.6 Å². The Balaban J connectivity index is 1.20. The molecule has 0 saturated heterocycles. The highest BCUT2D eigenvalue weighted by molar-refractivity contribution is 6.35. The fourth-order valence-corrected chi connectivity index (χ4v) is 4.37. The van der Waals surface area contributed by atoms with Gasteiger partial charge in [0.1, 0.15) is 11.6 Å². The molecule has 3 aromatic heterocycles. The van der Waals surface area contributed by atoms with Crippen LogP contribution in [0.15, 0.2) is 48.9 Å². The van der Waals surface area contributed by atoms with E-state index in [1.165, 1.54) is 0 Å². The number of nitrogen functional groups attached to an aromatic ring is 1. The minimum atomic E-state index is 0.456. The number of ether oxygens (including phenoxy) is 1. The topological polar surface area (TPSA) is 90.9 Å². The highest BCUT2D eigenvalue weighted by Crippen LogP contribution is 2.29. The maximum Gasteiger partial charge on any atom is 0.213 e. The van der Waals surface area contributed by atoms with E-state index in [4.69, 9.17) is 22.1 Å². The van der Waals surface area contributed by atoms with Crippen LogP contribution < -0.4 is 15.8 Å². The van der Waals surface area contributed by atoms with Gasteiger partial charge in [0.25, 0.3) is 0 Å². The second-order valence-corrected chi connectivity index (χ2v) is 8.68. The van der Waals surface area contributed by atoms with E-state index >= 15 is 0 Å². The molecule has 32 heavy (non-hydrogen) atoms. The van der Waals surface area contributed by atoms with E-state index in [-0.39, 0.29) is 0 Å². The molecule has 1 aromatic carbocycles. The van der Waals surface area contributed by atoms with Crippen LogP contribution in [0.5, 0.6) is 5.88 Å². The molecule has 0 spiro atoms. The second-order valence-electron chi connectivity index (χ2n) is 8.27. The number of fused-ring (bicyclic) bond motifs is 2. The first-order chi connectivity index (χ1) is 15.5. The lowest BCUT2D eigenvalue weighted by Crippen LogP contribution is -2.24. The zero-order chi connectivity index (χ0) is 22.1. The number of halogens is 1. The summed E-state index contributed by atoms with van der Waals surface area (Å²) in [6, 6.07) is 9.86. The van der Waals surface area contributed by atoms with Gasteiger partial charge in [0.2, 0.25) is 5.88 Å². The monoisotopic (exact) mass is 448 g/mol. The third-order valence-electron chi connectivity index (χ3n) is 5.86. The number of hydrogen-bond donors (Lipinski definition) is 2. The molecule has 5 rings (SSSR count). The number of imidazole rings is 1. The molecule has 8 heteroatoms. The third-order valence-corrected chi connectivity index (χ3v) is 6.16. The van der Waals surface area contributed by atoms with Crippen molar-refractivity contribution in [3.63, 3.8) is 0 Å². The van der Waals surface area contributed by atoms with Crippen molar-refractivity contribution in [3.8, 4) is 5.88 Å². The van der Waals surface area contributed by atoms with Gasteiger partial charge in [-0.3, -0.25) is 0 Å². The van der Waals surface area contributed by atoms with E-state index in [1.54, 1.807) is 12.4 Å². The molecular weight excluding hydrogens is 424 g/mol. The first-order valence-electron chi connectivity index (χ1n) is 10.7. The van der Waals surface area contributed by atoms with E-state index in [1.807, 2.05) is 37.3 Å². The molecule has 1 aliphatic heterocycles. The van der Waals surface area contributed by atoms with E-state index in [0.717, 1.165) is 52.9 Å². The van der Waals surface area contributed by atoms with Crippen molar-refractivity contribution in [3.05, 3.63) is 71.0 Å². The van der Waals surface area contributed by atoms with Gasteiger partial charge in [-0.15, -0.1) is 0 Å². The van der Waals surface area contributed by atoms with E-state index in [9.17, 15) is 0 Å². The van der Waals surface area contributed by atoms with Crippen LogP contribution in [0, 0.1) is 12.8 Å². The number of aryl methyl sites for hydroxylation is 2. The van der Waals surface area contributed by atoms with Gasteiger partial charge in [0, 0.05) is 66.5 Å². The predicted molar refractivity (Wildman–Crippen MR) is 127 cm³/mol. The molecule has 7 nitrogen and oxygen atoms in total. The Hall–Kier alpha value is -3.32. The highest BCUT2D eigenvalue weighted by Gasteiger charge is 2.20. The van der Waals surface area contributed by atoms with E-state index in [2.05, 4.69) is 31.0 Å². The molecule has 0 fully saturated rings. The summed E-state index contributed by atoms with van der Waals surface area (Å²) in [5.41, 5.74) is 9.07. The lowest BCUT2D eigenvalue weighted by molar-refractivity contribution is 0.212. The van der Waals surface area contributed by atoms with Crippen LogP contribution in [0.3, 0.4) is 0 Å². The minimum absolute atomic E-state index is 0.456. The number of aromatic nitrogens is 4. The summed E-state index contributed by atoms with van der Waals surface area (Å²) in [6.45, 7) is 4.33. The van der Waals surface area contributed by atoms with Gasteiger partial charge < -0.3 is 20.4 Å². The van der Waals surface area contributed by atoms with E-state index in [0.29, 0.717) is 35.8 Å². The SMILES string of the molecule is Cc1cn2c(n1)CC(COc1cc(CNc3ccc4c(N)ncc(Cl)c4c3)ccn1)CC2.